The second kappa shape index (κ2) is 8.72. The molecule has 0 saturated heterocycles. The van der Waals surface area contributed by atoms with Crippen LogP contribution >= 0.6 is 0 Å². The van der Waals surface area contributed by atoms with E-state index in [1.54, 1.807) is 9.36 Å². The molecule has 0 N–H and O–H groups in total. The Labute approximate surface area is 217 Å². The number of carbonyl (C=O) groups is 3. The predicted octanol–water partition coefficient (Wildman–Crippen LogP) is 1.63. The molecule has 0 radical (unpaired) electrons. The van der Waals surface area contributed by atoms with Crippen LogP contribution in [0.25, 0.3) is 11.4 Å². The smallest absolute Gasteiger partial charge is 0.320 e. The fourth-order valence-electron chi connectivity index (χ4n) is 5.76. The minimum Gasteiger partial charge on any atom is -0.468 e. The Morgan fingerprint density at radius 1 is 0.684 bits per heavy atom. The van der Waals surface area contributed by atoms with Crippen molar-refractivity contribution in [2.24, 2.45) is 10.8 Å². The fourth-order valence-corrected chi connectivity index (χ4v) is 5.76. The maximum absolute atomic E-state index is 14.6. The molecule has 0 spiro atoms. The number of carbonyl (C=O) groups excluding carboxylic acids is 3. The molecular formula is C27H24N6O5. The van der Waals surface area contributed by atoms with Gasteiger partial charge in [0.15, 0.2) is 5.78 Å². The number of Topliss-reactive ketones (excluding diaryl/α,β-unsaturated/α-hetero) is 1. The van der Waals surface area contributed by atoms with E-state index in [9.17, 15) is 14.4 Å². The van der Waals surface area contributed by atoms with Gasteiger partial charge in [-0.3, -0.25) is 14.4 Å². The predicted molar refractivity (Wildman–Crippen MR) is 131 cm³/mol. The second-order valence-corrected chi connectivity index (χ2v) is 9.64. The highest BCUT2D eigenvalue weighted by Gasteiger charge is 2.64. The molecule has 0 unspecified atom stereocenters. The van der Waals surface area contributed by atoms with Gasteiger partial charge in [-0.05, 0) is 24.3 Å². The molecule has 2 aliphatic rings. The topological polar surface area (TPSA) is 131 Å². The zero-order valence-electron chi connectivity index (χ0n) is 20.8. The fraction of sp³-hybridized carbons (Fsp3) is 0.296. The van der Waals surface area contributed by atoms with Crippen molar-refractivity contribution in [3.05, 3.63) is 83.4 Å². The molecule has 11 nitrogen and oxygen atoms in total. The summed E-state index contributed by atoms with van der Waals surface area (Å²) in [5, 5.41) is 17.4. The zero-order chi connectivity index (χ0) is 26.5. The minimum absolute atomic E-state index is 0.0755. The summed E-state index contributed by atoms with van der Waals surface area (Å²) >= 11 is 0. The molecule has 38 heavy (non-hydrogen) atoms. The highest BCUT2D eigenvalue weighted by Crippen LogP contribution is 2.48. The summed E-state index contributed by atoms with van der Waals surface area (Å²) in [5.41, 5.74) is -0.116. The number of aromatic nitrogens is 6. The molecular weight excluding hydrogens is 488 g/mol. The summed E-state index contributed by atoms with van der Waals surface area (Å²) in [7, 11) is 2.46. The maximum atomic E-state index is 14.6. The molecule has 0 saturated carbocycles. The third-order valence-electron chi connectivity index (χ3n) is 7.59. The van der Waals surface area contributed by atoms with Crippen molar-refractivity contribution in [1.82, 2.24) is 30.0 Å². The van der Waals surface area contributed by atoms with E-state index in [1.807, 2.05) is 60.7 Å². The van der Waals surface area contributed by atoms with E-state index in [1.165, 1.54) is 14.2 Å². The summed E-state index contributed by atoms with van der Waals surface area (Å²) < 4.78 is 13.7. The summed E-state index contributed by atoms with van der Waals surface area (Å²) in [4.78, 5) is 41.9. The first kappa shape index (κ1) is 23.7. The molecule has 6 rings (SSSR count). The van der Waals surface area contributed by atoms with Crippen molar-refractivity contribution in [1.29, 1.82) is 0 Å². The molecule has 11 heteroatoms. The van der Waals surface area contributed by atoms with Crippen molar-refractivity contribution in [2.75, 3.05) is 14.2 Å². The highest BCUT2D eigenvalue weighted by atomic mass is 16.5. The van der Waals surface area contributed by atoms with Gasteiger partial charge in [0.25, 0.3) is 0 Å². The number of fused-ring (bicyclic) bond motifs is 4. The Hall–Kier alpha value is -4.67. The maximum Gasteiger partial charge on any atom is 0.320 e. The van der Waals surface area contributed by atoms with Crippen LogP contribution in [-0.4, -0.2) is 61.9 Å². The van der Waals surface area contributed by atoms with Gasteiger partial charge in [-0.1, -0.05) is 46.8 Å². The number of nitrogens with zero attached hydrogens (tertiary/aromatic N) is 6. The normalized spacial score (nSPS) is 22.0. The quantitative estimate of drug-likeness (QED) is 0.296. The van der Waals surface area contributed by atoms with Gasteiger partial charge in [0.1, 0.15) is 10.8 Å². The Balaban J connectivity index is 1.63. The molecule has 2 heterocycles. The van der Waals surface area contributed by atoms with Crippen LogP contribution in [-0.2, 0) is 49.5 Å². The molecule has 2 aromatic carbocycles. The summed E-state index contributed by atoms with van der Waals surface area (Å²) in [6.45, 7) is 0. The molecule has 192 valence electrons. The van der Waals surface area contributed by atoms with Gasteiger partial charge in [-0.2, -0.15) is 0 Å². The van der Waals surface area contributed by atoms with Crippen LogP contribution in [0.15, 0.2) is 60.7 Å². The number of esters is 2. The van der Waals surface area contributed by atoms with Gasteiger partial charge in [-0.25, -0.2) is 9.36 Å². The van der Waals surface area contributed by atoms with E-state index >= 15 is 0 Å². The minimum atomic E-state index is -1.78. The molecule has 2 aliphatic carbocycles. The van der Waals surface area contributed by atoms with Gasteiger partial charge in [-0.15, -0.1) is 10.2 Å². The first-order valence-corrected chi connectivity index (χ1v) is 12.1. The lowest BCUT2D eigenvalue weighted by molar-refractivity contribution is -0.168. The average molecular weight is 513 g/mol. The van der Waals surface area contributed by atoms with Crippen LogP contribution in [0.1, 0.15) is 22.8 Å². The lowest BCUT2D eigenvalue weighted by atomic mass is 9.66. The Morgan fingerprint density at radius 3 is 1.47 bits per heavy atom. The number of para-hydroxylation sites is 2. The SMILES string of the molecule is COC(=O)C12Cc3nnn(-c4ccccc4)c3CC(C(=O)OC)(Cc3c(nnn3-c3ccccc3)C1)C2=O. The third-order valence-corrected chi connectivity index (χ3v) is 7.59. The van der Waals surface area contributed by atoms with Gasteiger partial charge in [0.2, 0.25) is 0 Å². The molecule has 0 atom stereocenters. The van der Waals surface area contributed by atoms with E-state index in [-0.39, 0.29) is 25.7 Å². The van der Waals surface area contributed by atoms with Crippen LogP contribution in [0, 0.1) is 10.8 Å². The number of hydrogen-bond acceptors (Lipinski definition) is 9. The summed E-state index contributed by atoms with van der Waals surface area (Å²) in [6, 6.07) is 18.6. The number of methoxy groups -OCH3 is 2. The average Bonchev–Trinajstić information content (AvgIpc) is 3.49. The Morgan fingerprint density at radius 2 is 1.08 bits per heavy atom. The number of benzene rings is 2. The lowest BCUT2D eigenvalue weighted by Gasteiger charge is -2.34. The number of ether oxygens (including phenoxy) is 2. The van der Waals surface area contributed by atoms with E-state index in [4.69, 9.17) is 9.47 Å². The van der Waals surface area contributed by atoms with Crippen LogP contribution in [0.4, 0.5) is 0 Å². The van der Waals surface area contributed by atoms with Crippen molar-refractivity contribution in [2.45, 2.75) is 25.7 Å². The van der Waals surface area contributed by atoms with Crippen molar-refractivity contribution < 1.29 is 23.9 Å². The number of ketones is 1. The first-order valence-electron chi connectivity index (χ1n) is 12.1. The molecule has 0 amide bonds. The van der Waals surface area contributed by atoms with Gasteiger partial charge in [0, 0.05) is 25.7 Å². The van der Waals surface area contributed by atoms with Crippen LogP contribution in [0.5, 0.6) is 0 Å². The molecule has 2 bridgehead atoms. The Bertz CT molecular complexity index is 1470. The second-order valence-electron chi connectivity index (χ2n) is 9.64. The molecule has 0 fully saturated rings. The van der Waals surface area contributed by atoms with Gasteiger partial charge < -0.3 is 9.47 Å². The van der Waals surface area contributed by atoms with Crippen molar-refractivity contribution in [3.8, 4) is 11.4 Å². The molecule has 4 aromatic rings. The molecule has 0 aliphatic heterocycles. The standard InChI is InChI=1S/C27H24N6O5/c1-37-24(35)26-13-19-21(32(30-28-19)17-9-5-3-6-10-17)15-27(23(26)34,25(36)38-2)16-22-20(14-26)29-31-33(22)18-11-7-4-8-12-18/h3-12H,13-16H2,1-2H3. The van der Waals surface area contributed by atoms with Crippen molar-refractivity contribution >= 4 is 17.7 Å². The number of hydrogen-bond donors (Lipinski definition) is 0. The zero-order valence-corrected chi connectivity index (χ0v) is 20.8. The summed E-state index contributed by atoms with van der Waals surface area (Å²) in [5.74, 6) is -2.09. The monoisotopic (exact) mass is 512 g/mol. The summed E-state index contributed by atoms with van der Waals surface area (Å²) in [6.07, 6.45) is -0.351. The van der Waals surface area contributed by atoms with E-state index in [0.717, 1.165) is 0 Å². The Kier molecular flexibility index (Phi) is 5.44. The van der Waals surface area contributed by atoms with Crippen LogP contribution < -0.4 is 0 Å². The van der Waals surface area contributed by atoms with Crippen LogP contribution in [0.3, 0.4) is 0 Å². The third kappa shape index (κ3) is 3.31. The first-order chi connectivity index (χ1) is 18.4. The van der Waals surface area contributed by atoms with E-state index in [2.05, 4.69) is 20.6 Å². The van der Waals surface area contributed by atoms with Gasteiger partial charge >= 0.3 is 11.9 Å². The number of rotatable bonds is 4. The van der Waals surface area contributed by atoms with Crippen molar-refractivity contribution in [3.63, 3.8) is 0 Å². The van der Waals surface area contributed by atoms with E-state index < -0.39 is 28.6 Å². The lowest BCUT2D eigenvalue weighted by Crippen LogP contribution is -2.54. The largest absolute Gasteiger partial charge is 0.468 e. The van der Waals surface area contributed by atoms with Gasteiger partial charge in [0.05, 0.1) is 48.4 Å². The van der Waals surface area contributed by atoms with E-state index in [0.29, 0.717) is 34.2 Å². The molecule has 2 aromatic heterocycles. The highest BCUT2D eigenvalue weighted by molar-refractivity contribution is 6.16. The van der Waals surface area contributed by atoms with Crippen LogP contribution in [0.2, 0.25) is 0 Å².